The molecule has 0 aromatic heterocycles. The van der Waals surface area contributed by atoms with Crippen LogP contribution in [0.15, 0.2) is 46.8 Å². The molecule has 0 N–H and O–H groups in total. The molecular formula is C12H17LiOSi. The van der Waals surface area contributed by atoms with Crippen molar-refractivity contribution in [2.75, 3.05) is 6.61 Å². The third-order valence-corrected chi connectivity index (χ3v) is 5.48. The predicted molar refractivity (Wildman–Crippen MR) is 69.6 cm³/mol. The molecule has 0 heterocycles. The van der Waals surface area contributed by atoms with Crippen molar-refractivity contribution in [2.45, 2.75) is 19.8 Å². The summed E-state index contributed by atoms with van der Waals surface area (Å²) in [6.45, 7) is 2.93. The standard InChI is InChI=1S/C12H16OSi.Li.H/c1-2-13-14(11-7-3-4-8-11)12-9-5-6-10-12;;/h3-7,9,14H,2,8,10H2,1H3;;. The van der Waals surface area contributed by atoms with E-state index in [-0.39, 0.29) is 18.9 Å². The molecule has 0 aromatic rings. The van der Waals surface area contributed by atoms with E-state index in [9.17, 15) is 0 Å². The fourth-order valence-corrected chi connectivity index (χ4v) is 4.45. The summed E-state index contributed by atoms with van der Waals surface area (Å²) >= 11 is 0. The Labute approximate surface area is 105 Å². The summed E-state index contributed by atoms with van der Waals surface area (Å²) in [5.41, 5.74) is 0. The van der Waals surface area contributed by atoms with E-state index in [0.717, 1.165) is 19.4 Å². The van der Waals surface area contributed by atoms with Gasteiger partial charge in [0, 0.05) is 6.61 Å². The first kappa shape index (κ1) is 12.8. The SMILES string of the molecule is CCO[SiH](C1=CC=CC1)C1=CC=CC1.[LiH]. The Morgan fingerprint density at radius 3 is 2.00 bits per heavy atom. The average Bonchev–Trinajstić information content (AvgIpc) is 2.87. The van der Waals surface area contributed by atoms with Gasteiger partial charge in [-0.25, -0.2) is 0 Å². The average molecular weight is 212 g/mol. The molecule has 0 aliphatic heterocycles. The second-order valence-electron chi connectivity index (χ2n) is 3.58. The maximum atomic E-state index is 5.93. The molecular weight excluding hydrogens is 195 g/mol. The minimum atomic E-state index is -1.24. The number of hydrogen-bond donors (Lipinski definition) is 0. The Hall–Kier alpha value is -0.266. The van der Waals surface area contributed by atoms with E-state index in [1.165, 1.54) is 10.4 Å². The Morgan fingerprint density at radius 2 is 1.67 bits per heavy atom. The predicted octanol–water partition coefficient (Wildman–Crippen LogP) is 1.95. The van der Waals surface area contributed by atoms with E-state index in [2.05, 4.69) is 43.4 Å². The van der Waals surface area contributed by atoms with Crippen molar-refractivity contribution in [3.8, 4) is 0 Å². The molecule has 0 bridgehead atoms. The molecule has 2 aliphatic rings. The van der Waals surface area contributed by atoms with Crippen molar-refractivity contribution in [3.05, 3.63) is 46.8 Å². The van der Waals surface area contributed by atoms with Gasteiger partial charge in [0.25, 0.3) is 0 Å². The summed E-state index contributed by atoms with van der Waals surface area (Å²) < 4.78 is 5.93. The first-order valence-electron chi connectivity index (χ1n) is 5.24. The van der Waals surface area contributed by atoms with Gasteiger partial charge in [-0.3, -0.25) is 0 Å². The van der Waals surface area contributed by atoms with Crippen molar-refractivity contribution in [2.24, 2.45) is 0 Å². The molecule has 0 spiro atoms. The van der Waals surface area contributed by atoms with Crippen LogP contribution >= 0.6 is 0 Å². The second kappa shape index (κ2) is 6.35. The molecule has 0 amide bonds. The molecule has 0 fully saturated rings. The molecule has 0 unspecified atom stereocenters. The molecule has 0 saturated carbocycles. The molecule has 1 nitrogen and oxygen atoms in total. The molecule has 3 heteroatoms. The maximum absolute atomic E-state index is 5.93. The van der Waals surface area contributed by atoms with E-state index in [1.54, 1.807) is 0 Å². The fourth-order valence-electron chi connectivity index (χ4n) is 1.94. The topological polar surface area (TPSA) is 9.23 Å². The van der Waals surface area contributed by atoms with Crippen molar-refractivity contribution >= 4 is 27.9 Å². The van der Waals surface area contributed by atoms with Crippen molar-refractivity contribution in [1.29, 1.82) is 0 Å². The van der Waals surface area contributed by atoms with Crippen molar-refractivity contribution in [3.63, 3.8) is 0 Å². The van der Waals surface area contributed by atoms with E-state index >= 15 is 0 Å². The van der Waals surface area contributed by atoms with E-state index < -0.39 is 9.04 Å². The van der Waals surface area contributed by atoms with Crippen LogP contribution in [0.5, 0.6) is 0 Å². The molecule has 76 valence electrons. The zero-order valence-corrected chi connectivity index (χ0v) is 9.73. The third-order valence-electron chi connectivity index (χ3n) is 2.61. The van der Waals surface area contributed by atoms with E-state index in [1.807, 2.05) is 0 Å². The van der Waals surface area contributed by atoms with Gasteiger partial charge in [-0.1, -0.05) is 36.5 Å². The first-order valence-corrected chi connectivity index (χ1v) is 6.87. The molecule has 15 heavy (non-hydrogen) atoms. The van der Waals surface area contributed by atoms with Gasteiger partial charge in [-0.2, -0.15) is 0 Å². The van der Waals surface area contributed by atoms with Crippen LogP contribution in [0.4, 0.5) is 0 Å². The molecule has 0 radical (unpaired) electrons. The van der Waals surface area contributed by atoms with Crippen LogP contribution < -0.4 is 0 Å². The summed E-state index contributed by atoms with van der Waals surface area (Å²) in [6.07, 6.45) is 15.4. The first-order chi connectivity index (χ1) is 6.92. The van der Waals surface area contributed by atoms with Crippen LogP contribution in [-0.4, -0.2) is 34.5 Å². The van der Waals surface area contributed by atoms with Crippen LogP contribution in [0, 0.1) is 0 Å². The Kier molecular flexibility index (Phi) is 5.42. The van der Waals surface area contributed by atoms with Gasteiger partial charge in [-0.15, -0.1) is 0 Å². The Balaban J connectivity index is 0.00000112. The summed E-state index contributed by atoms with van der Waals surface area (Å²) in [7, 11) is -1.24. The third kappa shape index (κ3) is 3.09. The summed E-state index contributed by atoms with van der Waals surface area (Å²) in [5, 5.41) is 3.06. The second-order valence-corrected chi connectivity index (χ2v) is 6.16. The fraction of sp³-hybridized carbons (Fsp3) is 0.333. The Bertz CT molecular complexity index is 299. The molecule has 0 atom stereocenters. The summed E-state index contributed by atoms with van der Waals surface area (Å²) in [6, 6.07) is 0. The quantitative estimate of drug-likeness (QED) is 0.647. The van der Waals surface area contributed by atoms with Crippen LogP contribution in [0.25, 0.3) is 0 Å². The molecule has 2 aliphatic carbocycles. The normalized spacial score (nSPS) is 18.0. The van der Waals surface area contributed by atoms with E-state index in [4.69, 9.17) is 4.43 Å². The van der Waals surface area contributed by atoms with Crippen molar-refractivity contribution < 1.29 is 4.43 Å². The van der Waals surface area contributed by atoms with Gasteiger partial charge in [-0.05, 0) is 30.2 Å². The minimum absolute atomic E-state index is 0. The molecule has 2 rings (SSSR count). The zero-order chi connectivity index (χ0) is 9.80. The molecule has 0 aromatic carbocycles. The van der Waals surface area contributed by atoms with Gasteiger partial charge in [0.1, 0.15) is 0 Å². The number of hydrogen-bond acceptors (Lipinski definition) is 1. The Morgan fingerprint density at radius 1 is 1.13 bits per heavy atom. The number of rotatable bonds is 4. The van der Waals surface area contributed by atoms with Gasteiger partial charge < -0.3 is 4.43 Å². The van der Waals surface area contributed by atoms with Gasteiger partial charge in [0.15, 0.2) is 0 Å². The monoisotopic (exact) mass is 212 g/mol. The van der Waals surface area contributed by atoms with Crippen LogP contribution in [0.2, 0.25) is 0 Å². The van der Waals surface area contributed by atoms with Crippen LogP contribution in [-0.2, 0) is 4.43 Å². The van der Waals surface area contributed by atoms with Crippen LogP contribution in [0.3, 0.4) is 0 Å². The van der Waals surface area contributed by atoms with Crippen LogP contribution in [0.1, 0.15) is 19.8 Å². The number of allylic oxidation sites excluding steroid dienone is 8. The summed E-state index contributed by atoms with van der Waals surface area (Å²) in [4.78, 5) is 0. The van der Waals surface area contributed by atoms with Gasteiger partial charge in [0.05, 0.1) is 0 Å². The van der Waals surface area contributed by atoms with Gasteiger partial charge >= 0.3 is 18.9 Å². The molecule has 0 saturated heterocycles. The van der Waals surface area contributed by atoms with Crippen molar-refractivity contribution in [1.82, 2.24) is 0 Å². The zero-order valence-electron chi connectivity index (χ0n) is 8.57. The van der Waals surface area contributed by atoms with E-state index in [0.29, 0.717) is 0 Å². The summed E-state index contributed by atoms with van der Waals surface area (Å²) in [5.74, 6) is 0. The van der Waals surface area contributed by atoms with Gasteiger partial charge in [0.2, 0.25) is 9.04 Å².